The fraction of sp³-hybridized carbons (Fsp3) is 0.448. The van der Waals surface area contributed by atoms with E-state index in [0.29, 0.717) is 6.61 Å². The summed E-state index contributed by atoms with van der Waals surface area (Å²) in [6, 6.07) is 5.21. The number of nitrogens with zero attached hydrogens (tertiary/aromatic N) is 5. The fourth-order valence-corrected chi connectivity index (χ4v) is 5.19. The molecule has 2 heterocycles. The molecule has 0 radical (unpaired) electrons. The van der Waals surface area contributed by atoms with Crippen LogP contribution in [0.25, 0.3) is 28.1 Å². The number of likely N-dealkylation sites (N-methyl/N-ethyl adjacent to an activating group) is 1. The third kappa shape index (κ3) is 8.07. The number of halogens is 4. The molecule has 1 amide bonds. The molecule has 0 saturated carbocycles. The Kier molecular flexibility index (Phi) is 10.0. The van der Waals surface area contributed by atoms with Crippen LogP contribution in [0.5, 0.6) is 0 Å². The summed E-state index contributed by atoms with van der Waals surface area (Å²) < 4.78 is 63.0. The number of imidazole rings is 1. The van der Waals surface area contributed by atoms with Gasteiger partial charge < -0.3 is 19.7 Å². The van der Waals surface area contributed by atoms with Crippen molar-refractivity contribution in [2.75, 3.05) is 32.1 Å². The van der Waals surface area contributed by atoms with Crippen molar-refractivity contribution in [3.8, 4) is 17.1 Å². The molecule has 0 atom stereocenters. The minimum absolute atomic E-state index is 0.0459. The van der Waals surface area contributed by atoms with Gasteiger partial charge in [0, 0.05) is 34.8 Å². The van der Waals surface area contributed by atoms with Gasteiger partial charge in [-0.2, -0.15) is 0 Å². The van der Waals surface area contributed by atoms with Crippen LogP contribution in [-0.2, 0) is 16.2 Å². The third-order valence-corrected chi connectivity index (χ3v) is 8.56. The zero-order valence-electron chi connectivity index (χ0n) is 26.1. The molecule has 45 heavy (non-hydrogen) atoms. The van der Waals surface area contributed by atoms with Crippen LogP contribution in [0.1, 0.15) is 20.8 Å². The number of rotatable bonds is 11. The van der Waals surface area contributed by atoms with Crippen molar-refractivity contribution in [2.45, 2.75) is 58.8 Å². The van der Waals surface area contributed by atoms with Crippen molar-refractivity contribution < 1.29 is 32.0 Å². The first-order chi connectivity index (χ1) is 21.0. The van der Waals surface area contributed by atoms with Crippen LogP contribution in [-0.4, -0.2) is 70.7 Å². The van der Waals surface area contributed by atoms with E-state index in [1.807, 2.05) is 0 Å². The number of carbonyl (C=O) groups is 1. The molecule has 0 aliphatic heterocycles. The van der Waals surface area contributed by atoms with E-state index in [4.69, 9.17) is 25.6 Å². The Hall–Kier alpha value is -3.82. The first kappa shape index (κ1) is 34.1. The number of aromatic nitrogens is 4. The first-order valence-corrected chi connectivity index (χ1v) is 18.2. The lowest BCUT2D eigenvalue weighted by Crippen LogP contribution is -2.36. The lowest BCUT2D eigenvalue weighted by Gasteiger charge is -2.24. The van der Waals surface area contributed by atoms with Gasteiger partial charge in [-0.25, -0.2) is 32.3 Å². The smallest absolute Gasteiger partial charge is 0.444 e. The average Bonchev–Trinajstić information content (AvgIpc) is 3.49. The number of amides is 1. The second-order valence-electron chi connectivity index (χ2n) is 12.7. The number of anilines is 1. The Bertz CT molecular complexity index is 1760. The van der Waals surface area contributed by atoms with Crippen molar-refractivity contribution in [3.63, 3.8) is 0 Å². The number of hydrogen-bond donors (Lipinski definition) is 1. The quantitative estimate of drug-likeness (QED) is 0.142. The molecule has 4 aromatic rings. The molecule has 0 bridgehead atoms. The van der Waals surface area contributed by atoms with Gasteiger partial charge in [-0.05, 0) is 51.1 Å². The van der Waals surface area contributed by atoms with Crippen molar-refractivity contribution in [3.05, 3.63) is 57.3 Å². The third-order valence-electron chi connectivity index (χ3n) is 6.57. The van der Waals surface area contributed by atoms with Crippen molar-refractivity contribution in [1.82, 2.24) is 24.2 Å². The van der Waals surface area contributed by atoms with E-state index < -0.39 is 43.0 Å². The Morgan fingerprint density at radius 1 is 1.16 bits per heavy atom. The summed E-state index contributed by atoms with van der Waals surface area (Å²) in [6.45, 7) is 12.5. The molecule has 0 aliphatic rings. The maximum atomic E-state index is 15.3. The standard InChI is InChI=1S/C29H36ClF3N6O5Si/c1-29(2,3)43-27(40)37(4)11-10-34-26-35-23-22(33)21(32)15-18(24(23)38(26)16-42-12-13-45(5,6)7)25-36-44-28(41)39(25)17-8-9-20(31)19(30)14-17/h8-9,14-15H,10-13,16H2,1-7H3,(H,34,35). The van der Waals surface area contributed by atoms with Crippen molar-refractivity contribution in [2.24, 2.45) is 0 Å². The highest BCUT2D eigenvalue weighted by molar-refractivity contribution is 6.76. The van der Waals surface area contributed by atoms with Gasteiger partial charge in [0.25, 0.3) is 0 Å². The molecule has 0 unspecified atom stereocenters. The zero-order valence-corrected chi connectivity index (χ0v) is 27.9. The van der Waals surface area contributed by atoms with E-state index in [1.54, 1.807) is 27.8 Å². The molecule has 0 fully saturated rings. The highest BCUT2D eigenvalue weighted by Crippen LogP contribution is 2.34. The van der Waals surface area contributed by atoms with Gasteiger partial charge in [-0.3, -0.25) is 9.09 Å². The summed E-state index contributed by atoms with van der Waals surface area (Å²) in [7, 11) is 0.105. The van der Waals surface area contributed by atoms with Gasteiger partial charge in [-0.1, -0.05) is 36.4 Å². The van der Waals surface area contributed by atoms with Gasteiger partial charge in [0.2, 0.25) is 5.95 Å². The monoisotopic (exact) mass is 668 g/mol. The van der Waals surface area contributed by atoms with Crippen LogP contribution in [0.2, 0.25) is 30.7 Å². The number of hydrogen-bond acceptors (Lipinski definition) is 8. The maximum absolute atomic E-state index is 15.3. The lowest BCUT2D eigenvalue weighted by atomic mass is 10.1. The van der Waals surface area contributed by atoms with E-state index in [9.17, 15) is 14.0 Å². The van der Waals surface area contributed by atoms with Crippen LogP contribution < -0.4 is 11.1 Å². The number of ether oxygens (including phenoxy) is 2. The van der Waals surface area contributed by atoms with Crippen LogP contribution in [0, 0.1) is 17.5 Å². The lowest BCUT2D eigenvalue weighted by molar-refractivity contribution is 0.0305. The summed E-state index contributed by atoms with van der Waals surface area (Å²) >= 11 is 5.96. The largest absolute Gasteiger partial charge is 0.446 e. The summed E-state index contributed by atoms with van der Waals surface area (Å²) in [4.78, 5) is 30.9. The molecule has 2 aromatic carbocycles. The molecule has 1 N–H and O–H groups in total. The summed E-state index contributed by atoms with van der Waals surface area (Å²) in [5, 5.41) is 6.64. The average molecular weight is 669 g/mol. The minimum atomic E-state index is -1.46. The Labute approximate surface area is 263 Å². The van der Waals surface area contributed by atoms with Crippen molar-refractivity contribution in [1.29, 1.82) is 0 Å². The highest BCUT2D eigenvalue weighted by Gasteiger charge is 2.27. The second kappa shape index (κ2) is 13.3. The fourth-order valence-electron chi connectivity index (χ4n) is 4.25. The minimum Gasteiger partial charge on any atom is -0.444 e. The predicted molar refractivity (Wildman–Crippen MR) is 167 cm³/mol. The normalized spacial score (nSPS) is 12.2. The van der Waals surface area contributed by atoms with Crippen LogP contribution >= 0.6 is 11.6 Å². The van der Waals surface area contributed by atoms with Gasteiger partial charge >= 0.3 is 11.8 Å². The molecule has 0 spiro atoms. The van der Waals surface area contributed by atoms with Gasteiger partial charge in [0.15, 0.2) is 17.5 Å². The van der Waals surface area contributed by atoms with E-state index >= 15 is 8.78 Å². The van der Waals surface area contributed by atoms with E-state index in [2.05, 4.69) is 35.1 Å². The maximum Gasteiger partial charge on any atom is 0.446 e. The molecular formula is C29H36ClF3N6O5Si. The molecular weight excluding hydrogens is 633 g/mol. The number of carbonyl (C=O) groups excluding carboxylic acids is 1. The summed E-state index contributed by atoms with van der Waals surface area (Å²) in [6.07, 6.45) is -0.534. The predicted octanol–water partition coefficient (Wildman–Crippen LogP) is 6.50. The molecule has 4 rings (SSSR count). The topological polar surface area (TPSA) is 117 Å². The molecule has 0 aliphatic carbocycles. The number of fused-ring (bicyclic) bond motifs is 1. The van der Waals surface area contributed by atoms with E-state index in [0.717, 1.165) is 22.7 Å². The van der Waals surface area contributed by atoms with Gasteiger partial charge in [0.1, 0.15) is 23.7 Å². The Morgan fingerprint density at radius 2 is 1.87 bits per heavy atom. The van der Waals surface area contributed by atoms with E-state index in [1.165, 1.54) is 21.6 Å². The van der Waals surface area contributed by atoms with E-state index in [-0.39, 0.29) is 58.9 Å². The van der Waals surface area contributed by atoms with Crippen LogP contribution in [0.15, 0.2) is 33.6 Å². The molecule has 2 aromatic heterocycles. The Balaban J connectivity index is 1.79. The molecule has 244 valence electrons. The van der Waals surface area contributed by atoms with Gasteiger partial charge in [0.05, 0.1) is 21.8 Å². The second-order valence-corrected chi connectivity index (χ2v) is 18.7. The highest BCUT2D eigenvalue weighted by atomic mass is 35.5. The first-order valence-electron chi connectivity index (χ1n) is 14.2. The van der Waals surface area contributed by atoms with Gasteiger partial charge in [-0.15, -0.1) is 0 Å². The molecule has 11 nitrogen and oxygen atoms in total. The summed E-state index contributed by atoms with van der Waals surface area (Å²) in [5.41, 5.74) is -0.947. The van der Waals surface area contributed by atoms with Crippen LogP contribution in [0.4, 0.5) is 23.9 Å². The Morgan fingerprint density at radius 3 is 2.51 bits per heavy atom. The number of nitrogens with one attached hydrogen (secondary N) is 1. The zero-order chi connectivity index (χ0) is 33.3. The molecule has 0 saturated heterocycles. The SMILES string of the molecule is CN(CCNc1nc2c(F)c(F)cc(-c3noc(=O)n3-c3ccc(F)c(Cl)c3)c2n1COCC[Si](C)(C)C)C(=O)OC(C)(C)C. The van der Waals surface area contributed by atoms with Crippen LogP contribution in [0.3, 0.4) is 0 Å². The molecule has 16 heteroatoms. The van der Waals surface area contributed by atoms with Crippen molar-refractivity contribution >= 4 is 42.7 Å². The summed E-state index contributed by atoms with van der Waals surface area (Å²) in [5.74, 6) is -4.26. The number of benzene rings is 2.